The van der Waals surface area contributed by atoms with Gasteiger partial charge in [-0.1, -0.05) is 0 Å². The van der Waals surface area contributed by atoms with Gasteiger partial charge in [0.1, 0.15) is 11.8 Å². The highest BCUT2D eigenvalue weighted by Crippen LogP contribution is 2.28. The third kappa shape index (κ3) is 5.51. The van der Waals surface area contributed by atoms with Gasteiger partial charge >= 0.3 is 5.69 Å². The second kappa shape index (κ2) is 8.83. The molecule has 0 fully saturated rings. The van der Waals surface area contributed by atoms with Crippen LogP contribution in [-0.4, -0.2) is 61.4 Å². The van der Waals surface area contributed by atoms with Crippen molar-refractivity contribution in [3.63, 3.8) is 0 Å². The summed E-state index contributed by atoms with van der Waals surface area (Å²) < 4.78 is 0. The number of aliphatic hydroxyl groups is 4. The second-order valence-electron chi connectivity index (χ2n) is 4.73. The normalized spacial score (nSPS) is 15.0. The van der Waals surface area contributed by atoms with Crippen molar-refractivity contribution in [1.82, 2.24) is 0 Å². The van der Waals surface area contributed by atoms with E-state index in [9.17, 15) is 30.4 Å². The van der Waals surface area contributed by atoms with Crippen molar-refractivity contribution < 1.29 is 30.3 Å². The van der Waals surface area contributed by atoms with E-state index in [4.69, 9.17) is 10.2 Å². The van der Waals surface area contributed by atoms with Gasteiger partial charge in [-0.15, -0.1) is 0 Å². The molecule has 0 saturated heterocycles. The number of benzene rings is 1. The quantitative estimate of drug-likeness (QED) is 0.220. The monoisotopic (exact) mass is 344 g/mol. The maximum atomic E-state index is 10.9. The molecule has 1 aromatic carbocycles. The van der Waals surface area contributed by atoms with Crippen LogP contribution in [0.15, 0.2) is 23.3 Å². The van der Waals surface area contributed by atoms with Crippen LogP contribution in [0.5, 0.6) is 0 Å². The summed E-state index contributed by atoms with van der Waals surface area (Å²) >= 11 is 0. The van der Waals surface area contributed by atoms with Gasteiger partial charge in [0.25, 0.3) is 5.69 Å². The first-order chi connectivity index (χ1) is 11.3. The zero-order chi connectivity index (χ0) is 18.3. The minimum atomic E-state index is -1.42. The average molecular weight is 344 g/mol. The highest BCUT2D eigenvalue weighted by atomic mass is 16.6. The van der Waals surface area contributed by atoms with Gasteiger partial charge in [0, 0.05) is 12.5 Å². The van der Waals surface area contributed by atoms with Gasteiger partial charge in [0.05, 0.1) is 40.9 Å². The van der Waals surface area contributed by atoms with Crippen molar-refractivity contribution in [2.75, 3.05) is 12.0 Å². The number of non-ortho nitro benzene ring substituents is 1. The lowest BCUT2D eigenvalue weighted by atomic mass is 10.1. The van der Waals surface area contributed by atoms with Crippen LogP contribution in [-0.2, 0) is 0 Å². The number of nitro benzene ring substituents is 2. The summed E-state index contributed by atoms with van der Waals surface area (Å²) in [6.07, 6.45) is -3.51. The van der Waals surface area contributed by atoms with E-state index in [2.05, 4.69) is 10.5 Å². The van der Waals surface area contributed by atoms with Crippen molar-refractivity contribution in [3.8, 4) is 0 Å². The number of anilines is 1. The fourth-order valence-electron chi connectivity index (χ4n) is 1.66. The number of nitrogens with zero attached hydrogens (tertiary/aromatic N) is 3. The van der Waals surface area contributed by atoms with Crippen LogP contribution in [0, 0.1) is 20.2 Å². The Balaban J connectivity index is 2.76. The zero-order valence-electron chi connectivity index (χ0n) is 12.2. The topological polar surface area (TPSA) is 192 Å². The lowest BCUT2D eigenvalue weighted by molar-refractivity contribution is -0.393. The summed E-state index contributed by atoms with van der Waals surface area (Å²) in [5, 5.41) is 61.8. The van der Waals surface area contributed by atoms with Gasteiger partial charge in [-0.2, -0.15) is 5.10 Å². The van der Waals surface area contributed by atoms with E-state index in [1.165, 1.54) is 0 Å². The fraction of sp³-hybridized carbons (Fsp3) is 0.417. The number of hydrogen-bond acceptors (Lipinski definition) is 10. The Morgan fingerprint density at radius 2 is 1.83 bits per heavy atom. The molecule has 0 radical (unpaired) electrons. The molecule has 0 saturated carbocycles. The molecule has 1 rings (SSSR count). The summed E-state index contributed by atoms with van der Waals surface area (Å²) in [5.74, 6) is 0. The predicted octanol–water partition coefficient (Wildman–Crippen LogP) is -0.634. The SMILES string of the molecule is O=[N+]([O-])c1ccc(NN=C[C@H](O)C[C@H](O)[C@H](O)CO)c([N+](=O)[O-])c1. The minimum Gasteiger partial charge on any atom is -0.394 e. The highest BCUT2D eigenvalue weighted by molar-refractivity contribution is 5.68. The smallest absolute Gasteiger partial charge is 0.301 e. The fourth-order valence-corrected chi connectivity index (χ4v) is 1.66. The van der Waals surface area contributed by atoms with E-state index in [1.807, 2.05) is 0 Å². The van der Waals surface area contributed by atoms with Gasteiger partial charge in [0.15, 0.2) is 0 Å². The molecule has 132 valence electrons. The van der Waals surface area contributed by atoms with Crippen LogP contribution in [0.4, 0.5) is 17.1 Å². The molecule has 0 bridgehead atoms. The van der Waals surface area contributed by atoms with E-state index in [1.54, 1.807) is 0 Å². The van der Waals surface area contributed by atoms with Crippen molar-refractivity contribution >= 4 is 23.3 Å². The molecule has 0 aliphatic heterocycles. The molecule has 12 heteroatoms. The van der Waals surface area contributed by atoms with Gasteiger partial charge < -0.3 is 20.4 Å². The summed E-state index contributed by atoms with van der Waals surface area (Å²) in [7, 11) is 0. The Morgan fingerprint density at radius 1 is 1.17 bits per heavy atom. The highest BCUT2D eigenvalue weighted by Gasteiger charge is 2.20. The Kier molecular flexibility index (Phi) is 7.13. The molecule has 5 N–H and O–H groups in total. The molecule has 0 unspecified atom stereocenters. The van der Waals surface area contributed by atoms with Gasteiger partial charge in [0.2, 0.25) is 0 Å². The van der Waals surface area contributed by atoms with Crippen LogP contribution < -0.4 is 5.43 Å². The number of rotatable bonds is 9. The number of nitro groups is 2. The molecule has 0 amide bonds. The van der Waals surface area contributed by atoms with E-state index in [0.717, 1.165) is 24.4 Å². The zero-order valence-corrected chi connectivity index (χ0v) is 12.2. The summed E-state index contributed by atoms with van der Waals surface area (Å²) in [6.45, 7) is -0.682. The summed E-state index contributed by atoms with van der Waals surface area (Å²) in [5.41, 5.74) is 1.09. The largest absolute Gasteiger partial charge is 0.394 e. The van der Waals surface area contributed by atoms with Crippen LogP contribution >= 0.6 is 0 Å². The summed E-state index contributed by atoms with van der Waals surface area (Å²) in [4.78, 5) is 19.9. The maximum Gasteiger partial charge on any atom is 0.301 e. The second-order valence-corrected chi connectivity index (χ2v) is 4.73. The molecular formula is C12H16N4O8. The Morgan fingerprint density at radius 3 is 2.38 bits per heavy atom. The van der Waals surface area contributed by atoms with Crippen LogP contribution in [0.1, 0.15) is 6.42 Å². The molecule has 0 aliphatic carbocycles. The predicted molar refractivity (Wildman–Crippen MR) is 81.6 cm³/mol. The van der Waals surface area contributed by atoms with Crippen molar-refractivity contribution in [2.24, 2.45) is 5.10 Å². The van der Waals surface area contributed by atoms with Gasteiger partial charge in [-0.25, -0.2) is 0 Å². The number of aliphatic hydroxyl groups excluding tert-OH is 4. The molecule has 24 heavy (non-hydrogen) atoms. The Labute approximate surface area is 135 Å². The average Bonchev–Trinajstić information content (AvgIpc) is 2.53. The third-order valence-electron chi connectivity index (χ3n) is 2.93. The number of hydrogen-bond donors (Lipinski definition) is 5. The first-order valence-electron chi connectivity index (χ1n) is 6.63. The Bertz CT molecular complexity index is 623. The van der Waals surface area contributed by atoms with Crippen LogP contribution in [0.2, 0.25) is 0 Å². The minimum absolute atomic E-state index is 0.134. The molecule has 1 aromatic rings. The molecule has 3 atom stereocenters. The number of hydrazone groups is 1. The molecular weight excluding hydrogens is 328 g/mol. The van der Waals surface area contributed by atoms with E-state index in [-0.39, 0.29) is 12.1 Å². The first-order valence-corrected chi connectivity index (χ1v) is 6.63. The molecule has 0 aromatic heterocycles. The van der Waals surface area contributed by atoms with E-state index < -0.39 is 46.1 Å². The lowest BCUT2D eigenvalue weighted by Crippen LogP contribution is -2.33. The molecule has 0 spiro atoms. The first kappa shape index (κ1) is 19.4. The van der Waals surface area contributed by atoms with E-state index >= 15 is 0 Å². The van der Waals surface area contributed by atoms with Gasteiger partial charge in [-0.05, 0) is 6.07 Å². The Hall–Kier alpha value is -2.67. The van der Waals surface area contributed by atoms with Crippen LogP contribution in [0.25, 0.3) is 0 Å². The lowest BCUT2D eigenvalue weighted by Gasteiger charge is -2.16. The number of nitrogens with one attached hydrogen (secondary N) is 1. The summed E-state index contributed by atoms with van der Waals surface area (Å²) in [6, 6.07) is 2.89. The van der Waals surface area contributed by atoms with Crippen molar-refractivity contribution in [3.05, 3.63) is 38.4 Å². The van der Waals surface area contributed by atoms with Crippen LogP contribution in [0.3, 0.4) is 0 Å². The maximum absolute atomic E-state index is 10.9. The molecule has 0 heterocycles. The molecule has 12 nitrogen and oxygen atoms in total. The van der Waals surface area contributed by atoms with Crippen molar-refractivity contribution in [1.29, 1.82) is 0 Å². The molecule has 0 aliphatic rings. The third-order valence-corrected chi connectivity index (χ3v) is 2.93. The standard InChI is InChI=1S/C12H16N4O8/c17-6-12(20)11(19)4-8(18)5-13-14-9-2-1-7(15(21)22)3-10(9)16(23)24/h1-3,5,8,11-12,14,17-20H,4,6H2/t8-,11+,12-/m1/s1. The van der Waals surface area contributed by atoms with Crippen molar-refractivity contribution in [2.45, 2.75) is 24.7 Å². The van der Waals surface area contributed by atoms with E-state index in [0.29, 0.717) is 0 Å². The van der Waals surface area contributed by atoms with Gasteiger partial charge in [-0.3, -0.25) is 25.7 Å².